The molecule has 0 bridgehead atoms. The number of aliphatic hydroxyl groups is 3. The number of phenolic OH excluding ortho intramolecular Hbond substituents is 1. The Kier molecular flexibility index (Phi) is 7.08. The first-order chi connectivity index (χ1) is 14.8. The van der Waals surface area contributed by atoms with Crippen molar-refractivity contribution in [1.29, 1.82) is 0 Å². The van der Waals surface area contributed by atoms with E-state index in [0.29, 0.717) is 5.56 Å². The number of carbonyl (C=O) groups excluding carboxylic acids is 1. The van der Waals surface area contributed by atoms with E-state index in [1.165, 1.54) is 31.4 Å². The second kappa shape index (κ2) is 9.75. The van der Waals surface area contributed by atoms with E-state index in [-0.39, 0.29) is 17.3 Å². The Morgan fingerprint density at radius 3 is 2.48 bits per heavy atom. The summed E-state index contributed by atoms with van der Waals surface area (Å²) in [6.07, 6.45) is -3.89. The van der Waals surface area contributed by atoms with Gasteiger partial charge in [-0.1, -0.05) is 12.1 Å². The van der Waals surface area contributed by atoms with Crippen LogP contribution in [-0.2, 0) is 14.3 Å². The number of aliphatic hydroxyl groups excluding tert-OH is 3. The molecule has 31 heavy (non-hydrogen) atoms. The molecule has 2 aromatic rings. The lowest BCUT2D eigenvalue weighted by Gasteiger charge is -2.39. The number of aryl methyl sites for hydroxylation is 1. The molecule has 0 spiro atoms. The minimum atomic E-state index is -1.67. The van der Waals surface area contributed by atoms with Crippen LogP contribution >= 0.6 is 0 Å². The molecule has 1 aliphatic rings. The third-order valence-electron chi connectivity index (χ3n) is 4.61. The highest BCUT2D eigenvalue weighted by molar-refractivity contribution is 5.87. The second-order valence-corrected chi connectivity index (χ2v) is 6.86. The van der Waals surface area contributed by atoms with E-state index < -0.39 is 48.7 Å². The normalized spacial score (nSPS) is 26.0. The van der Waals surface area contributed by atoms with Crippen molar-refractivity contribution in [3.05, 3.63) is 64.2 Å². The molecule has 3 rings (SSSR count). The van der Waals surface area contributed by atoms with Crippen LogP contribution in [0.3, 0.4) is 0 Å². The summed E-state index contributed by atoms with van der Waals surface area (Å²) in [5.74, 6) is -0.750. The van der Waals surface area contributed by atoms with E-state index >= 15 is 0 Å². The van der Waals surface area contributed by atoms with Gasteiger partial charge in [0.15, 0.2) is 0 Å². The zero-order valence-electron chi connectivity index (χ0n) is 16.5. The van der Waals surface area contributed by atoms with Crippen LogP contribution in [0.4, 0.5) is 0 Å². The van der Waals surface area contributed by atoms with Gasteiger partial charge in [-0.3, -0.25) is 4.79 Å². The summed E-state index contributed by atoms with van der Waals surface area (Å²) in [5.41, 5.74) is 0.121. The van der Waals surface area contributed by atoms with Gasteiger partial charge in [0.05, 0.1) is 6.26 Å². The van der Waals surface area contributed by atoms with Gasteiger partial charge < -0.3 is 39.1 Å². The SMILES string of the molecule is Cc1occc(=O)c1O[C@@H]1O[C@H](COC(=O)C=Cc2ccc(O)cc2)[C@@H](O)[C@H](O)[C@H]1O. The number of hydrogen-bond donors (Lipinski definition) is 4. The fourth-order valence-corrected chi connectivity index (χ4v) is 2.87. The molecule has 1 aliphatic heterocycles. The number of aromatic hydroxyl groups is 1. The summed E-state index contributed by atoms with van der Waals surface area (Å²) in [5, 5.41) is 39.6. The van der Waals surface area contributed by atoms with E-state index in [2.05, 4.69) is 0 Å². The zero-order valence-corrected chi connectivity index (χ0v) is 16.5. The van der Waals surface area contributed by atoms with Gasteiger partial charge in [-0.15, -0.1) is 0 Å². The number of esters is 1. The third kappa shape index (κ3) is 5.50. The molecule has 4 N–H and O–H groups in total. The highest BCUT2D eigenvalue weighted by Crippen LogP contribution is 2.24. The van der Waals surface area contributed by atoms with E-state index in [4.69, 9.17) is 18.6 Å². The van der Waals surface area contributed by atoms with Gasteiger partial charge in [-0.2, -0.15) is 0 Å². The van der Waals surface area contributed by atoms with Crippen LogP contribution in [0, 0.1) is 6.92 Å². The van der Waals surface area contributed by atoms with Crippen LogP contribution in [0.1, 0.15) is 11.3 Å². The van der Waals surface area contributed by atoms with E-state index in [1.54, 1.807) is 12.1 Å². The van der Waals surface area contributed by atoms with Gasteiger partial charge in [-0.05, 0) is 30.7 Å². The molecule has 0 amide bonds. The molecule has 0 unspecified atom stereocenters. The molecule has 1 saturated heterocycles. The molecule has 1 aromatic heterocycles. The van der Waals surface area contributed by atoms with E-state index in [0.717, 1.165) is 12.1 Å². The molecule has 166 valence electrons. The molecule has 1 aromatic carbocycles. The summed E-state index contributed by atoms with van der Waals surface area (Å²) < 4.78 is 20.9. The molecular formula is C21H22O10. The number of carbonyl (C=O) groups is 1. The second-order valence-electron chi connectivity index (χ2n) is 6.86. The molecule has 0 aliphatic carbocycles. The van der Waals surface area contributed by atoms with Crippen molar-refractivity contribution >= 4 is 12.0 Å². The topological polar surface area (TPSA) is 156 Å². The number of hydrogen-bond acceptors (Lipinski definition) is 10. The zero-order chi connectivity index (χ0) is 22.5. The van der Waals surface area contributed by atoms with E-state index in [1.807, 2.05) is 0 Å². The lowest BCUT2D eigenvalue weighted by Crippen LogP contribution is -2.60. The quantitative estimate of drug-likeness (QED) is 0.363. The monoisotopic (exact) mass is 434 g/mol. The van der Waals surface area contributed by atoms with Crippen LogP contribution in [-0.4, -0.2) is 63.7 Å². The minimum absolute atomic E-state index is 0.0872. The smallest absolute Gasteiger partial charge is 0.330 e. The Morgan fingerprint density at radius 2 is 1.81 bits per heavy atom. The van der Waals surface area contributed by atoms with Crippen molar-refractivity contribution in [3.8, 4) is 11.5 Å². The van der Waals surface area contributed by atoms with Crippen LogP contribution in [0.5, 0.6) is 11.5 Å². The minimum Gasteiger partial charge on any atom is -0.508 e. The van der Waals surface area contributed by atoms with Gasteiger partial charge in [0.2, 0.25) is 17.5 Å². The summed E-state index contributed by atoms with van der Waals surface area (Å²) in [6.45, 7) is 1.02. The predicted octanol–water partition coefficient (Wildman–Crippen LogP) is 0.0968. The van der Waals surface area contributed by atoms with Crippen molar-refractivity contribution in [2.75, 3.05) is 6.61 Å². The number of ether oxygens (including phenoxy) is 3. The first-order valence-electron chi connectivity index (χ1n) is 9.35. The fraction of sp³-hybridized carbons (Fsp3) is 0.333. The Labute approximate surface area is 176 Å². The standard InChI is InChI=1S/C21H22O10/c1-11-20(14(23)8-9-28-11)31-21-19(27)18(26)17(25)15(30-21)10-29-16(24)7-4-12-2-5-13(22)6-3-12/h2-9,15,17-19,21-22,25-27H,10H2,1H3/t15-,17-,18+,19-,21+/m1/s1. The maximum absolute atomic E-state index is 11.9. The van der Waals surface area contributed by atoms with Crippen LogP contribution < -0.4 is 10.2 Å². The Morgan fingerprint density at radius 1 is 1.10 bits per heavy atom. The molecule has 2 heterocycles. The van der Waals surface area contributed by atoms with Gasteiger partial charge in [0.25, 0.3) is 0 Å². The van der Waals surface area contributed by atoms with Crippen molar-refractivity contribution in [2.24, 2.45) is 0 Å². The van der Waals surface area contributed by atoms with Gasteiger partial charge >= 0.3 is 5.97 Å². The average molecular weight is 434 g/mol. The summed E-state index contributed by atoms with van der Waals surface area (Å²) in [4.78, 5) is 23.9. The molecule has 10 nitrogen and oxygen atoms in total. The Bertz CT molecular complexity index is 980. The molecule has 5 atom stereocenters. The third-order valence-corrected chi connectivity index (χ3v) is 4.61. The first-order valence-corrected chi connectivity index (χ1v) is 9.35. The average Bonchev–Trinajstić information content (AvgIpc) is 2.75. The van der Waals surface area contributed by atoms with Crippen LogP contribution in [0.15, 0.2) is 51.9 Å². The largest absolute Gasteiger partial charge is 0.508 e. The van der Waals surface area contributed by atoms with Gasteiger partial charge in [0, 0.05) is 12.1 Å². The molecular weight excluding hydrogens is 412 g/mol. The summed E-state index contributed by atoms with van der Waals surface area (Å²) in [6, 6.07) is 7.21. The molecule has 10 heteroatoms. The van der Waals surface area contributed by atoms with Crippen molar-refractivity contribution < 1.29 is 43.8 Å². The first kappa shape index (κ1) is 22.5. The molecule has 0 radical (unpaired) electrons. The van der Waals surface area contributed by atoms with Crippen LogP contribution in [0.2, 0.25) is 0 Å². The lowest BCUT2D eigenvalue weighted by atomic mass is 9.99. The highest BCUT2D eigenvalue weighted by atomic mass is 16.7. The maximum Gasteiger partial charge on any atom is 0.330 e. The van der Waals surface area contributed by atoms with Crippen molar-refractivity contribution in [3.63, 3.8) is 0 Å². The lowest BCUT2D eigenvalue weighted by molar-refractivity contribution is -0.278. The number of rotatable bonds is 6. The molecule has 1 fully saturated rings. The van der Waals surface area contributed by atoms with Gasteiger partial charge in [-0.25, -0.2) is 4.79 Å². The van der Waals surface area contributed by atoms with E-state index in [9.17, 15) is 30.0 Å². The maximum atomic E-state index is 11.9. The summed E-state index contributed by atoms with van der Waals surface area (Å²) in [7, 11) is 0. The summed E-state index contributed by atoms with van der Waals surface area (Å²) >= 11 is 0. The highest BCUT2D eigenvalue weighted by Gasteiger charge is 2.45. The van der Waals surface area contributed by atoms with Crippen molar-refractivity contribution in [2.45, 2.75) is 37.6 Å². The fourth-order valence-electron chi connectivity index (χ4n) is 2.87. The Hall–Kier alpha value is -3.18. The molecule has 0 saturated carbocycles. The van der Waals surface area contributed by atoms with Crippen molar-refractivity contribution in [1.82, 2.24) is 0 Å². The van der Waals surface area contributed by atoms with Crippen LogP contribution in [0.25, 0.3) is 6.08 Å². The number of benzene rings is 1. The van der Waals surface area contributed by atoms with Gasteiger partial charge in [0.1, 0.15) is 42.5 Å². The predicted molar refractivity (Wildman–Crippen MR) is 105 cm³/mol. The number of phenols is 1. The Balaban J connectivity index is 1.62.